The van der Waals surface area contributed by atoms with Gasteiger partial charge >= 0.3 is 0 Å². The lowest BCUT2D eigenvalue weighted by Gasteiger charge is -2.40. The van der Waals surface area contributed by atoms with E-state index in [2.05, 4.69) is 36.3 Å². The van der Waals surface area contributed by atoms with E-state index in [1.54, 1.807) is 0 Å². The summed E-state index contributed by atoms with van der Waals surface area (Å²) in [6, 6.07) is 0. The first kappa shape index (κ1) is 14.9. The Morgan fingerprint density at radius 3 is 1.50 bits per heavy atom. The molecule has 0 saturated carbocycles. The number of hydrogen-bond donors (Lipinski definition) is 0. The summed E-state index contributed by atoms with van der Waals surface area (Å²) in [5.74, 6) is 0. The molecule has 0 aromatic carbocycles. The van der Waals surface area contributed by atoms with Crippen molar-refractivity contribution in [2.24, 2.45) is 0 Å². The van der Waals surface area contributed by atoms with Crippen LogP contribution >= 0.6 is 22.0 Å². The highest BCUT2D eigenvalue weighted by Crippen LogP contribution is 2.35. The Balaban J connectivity index is 1.74. The third-order valence-corrected chi connectivity index (χ3v) is 5.60. The van der Waals surface area contributed by atoms with Gasteiger partial charge in [-0.25, -0.2) is 8.61 Å². The van der Waals surface area contributed by atoms with Gasteiger partial charge in [-0.2, -0.15) is 0 Å². The van der Waals surface area contributed by atoms with E-state index < -0.39 is 0 Å². The van der Waals surface area contributed by atoms with Crippen LogP contribution in [0.25, 0.3) is 0 Å². The normalized spacial score (nSPS) is 29.3. The molecule has 0 radical (unpaired) electrons. The van der Waals surface area contributed by atoms with Crippen molar-refractivity contribution in [3.8, 4) is 0 Å². The van der Waals surface area contributed by atoms with Gasteiger partial charge in [0.2, 0.25) is 0 Å². The second-order valence-corrected chi connectivity index (χ2v) is 8.32. The van der Waals surface area contributed by atoms with E-state index in [4.69, 9.17) is 9.47 Å². The van der Waals surface area contributed by atoms with Crippen LogP contribution in [-0.4, -0.2) is 59.2 Å². The van der Waals surface area contributed by atoms with Crippen molar-refractivity contribution >= 4 is 22.0 Å². The Hall–Kier alpha value is 0.540. The third kappa shape index (κ3) is 4.58. The van der Waals surface area contributed by atoms with Crippen LogP contribution in [0.1, 0.15) is 27.7 Å². The van der Waals surface area contributed by atoms with Crippen LogP contribution in [0.4, 0.5) is 0 Å². The molecular weight excluding hydrogens is 268 g/mol. The molecule has 2 rings (SSSR count). The second kappa shape index (κ2) is 5.89. The lowest BCUT2D eigenvalue weighted by molar-refractivity contribution is -0.0626. The maximum Gasteiger partial charge on any atom is 0.0763 e. The maximum atomic E-state index is 5.72. The molecule has 106 valence electrons. The summed E-state index contributed by atoms with van der Waals surface area (Å²) in [5, 5.41) is 0. The van der Waals surface area contributed by atoms with E-state index in [0.717, 1.165) is 39.4 Å². The van der Waals surface area contributed by atoms with E-state index >= 15 is 0 Å². The molecule has 0 bridgehead atoms. The molecular formula is C12H24N2O2S2. The molecule has 2 aliphatic rings. The van der Waals surface area contributed by atoms with Gasteiger partial charge in [0.15, 0.2) is 0 Å². The molecule has 0 N–H and O–H groups in total. The summed E-state index contributed by atoms with van der Waals surface area (Å²) >= 11 is 0. The Morgan fingerprint density at radius 1 is 0.778 bits per heavy atom. The molecule has 0 amide bonds. The van der Waals surface area contributed by atoms with Gasteiger partial charge < -0.3 is 9.47 Å². The first-order chi connectivity index (χ1) is 8.36. The third-order valence-electron chi connectivity index (χ3n) is 3.03. The lowest BCUT2D eigenvalue weighted by Crippen LogP contribution is -2.46. The van der Waals surface area contributed by atoms with E-state index in [1.165, 1.54) is 0 Å². The average Bonchev–Trinajstić information content (AvgIpc) is 2.24. The molecule has 18 heavy (non-hydrogen) atoms. The number of morpholine rings is 2. The highest BCUT2D eigenvalue weighted by Gasteiger charge is 2.30. The summed E-state index contributed by atoms with van der Waals surface area (Å²) in [4.78, 5) is 0. The molecule has 2 fully saturated rings. The lowest BCUT2D eigenvalue weighted by atomic mass is 10.1. The first-order valence-corrected chi connectivity index (χ1v) is 8.55. The van der Waals surface area contributed by atoms with Gasteiger partial charge in [-0.3, -0.25) is 0 Å². The van der Waals surface area contributed by atoms with Gasteiger partial charge in [-0.1, -0.05) is 0 Å². The number of ether oxygens (including phenoxy) is 2. The van der Waals surface area contributed by atoms with Gasteiger partial charge in [0, 0.05) is 48.1 Å². The molecule has 0 unspecified atom stereocenters. The van der Waals surface area contributed by atoms with Gasteiger partial charge in [0.1, 0.15) is 0 Å². The quantitative estimate of drug-likeness (QED) is 0.585. The van der Waals surface area contributed by atoms with Crippen LogP contribution in [0.3, 0.4) is 0 Å². The molecule has 4 nitrogen and oxygen atoms in total. The van der Waals surface area contributed by atoms with Crippen molar-refractivity contribution in [2.75, 3.05) is 39.4 Å². The van der Waals surface area contributed by atoms with Gasteiger partial charge in [-0.15, -0.1) is 0 Å². The Bertz CT molecular complexity index is 259. The largest absolute Gasteiger partial charge is 0.373 e. The molecule has 2 saturated heterocycles. The Kier molecular flexibility index (Phi) is 4.89. The number of rotatable bonds is 3. The highest BCUT2D eigenvalue weighted by atomic mass is 33.1. The smallest absolute Gasteiger partial charge is 0.0763 e. The molecule has 2 heterocycles. The molecule has 6 heteroatoms. The predicted molar refractivity (Wildman–Crippen MR) is 78.4 cm³/mol. The van der Waals surface area contributed by atoms with Crippen LogP contribution in [0.2, 0.25) is 0 Å². The zero-order valence-corrected chi connectivity index (χ0v) is 13.4. The molecule has 2 aliphatic heterocycles. The summed E-state index contributed by atoms with van der Waals surface area (Å²) in [7, 11) is 3.69. The van der Waals surface area contributed by atoms with Gasteiger partial charge in [-0.05, 0) is 27.7 Å². The number of nitrogens with zero attached hydrogens (tertiary/aromatic N) is 2. The van der Waals surface area contributed by atoms with Crippen LogP contribution in [0.15, 0.2) is 0 Å². The minimum atomic E-state index is -0.0178. The second-order valence-electron chi connectivity index (χ2n) is 6.09. The van der Waals surface area contributed by atoms with Gasteiger partial charge in [0.25, 0.3) is 0 Å². The van der Waals surface area contributed by atoms with Gasteiger partial charge in [0.05, 0.1) is 24.4 Å². The minimum Gasteiger partial charge on any atom is -0.373 e. The Labute approximate surface area is 118 Å². The summed E-state index contributed by atoms with van der Waals surface area (Å²) in [5.41, 5.74) is -0.0355. The van der Waals surface area contributed by atoms with E-state index in [0.29, 0.717) is 0 Å². The van der Waals surface area contributed by atoms with Crippen LogP contribution in [0, 0.1) is 0 Å². The van der Waals surface area contributed by atoms with Crippen LogP contribution in [0.5, 0.6) is 0 Å². The van der Waals surface area contributed by atoms with E-state index in [1.807, 2.05) is 22.0 Å². The first-order valence-electron chi connectivity index (χ1n) is 6.49. The minimum absolute atomic E-state index is 0.0178. The van der Waals surface area contributed by atoms with Crippen LogP contribution < -0.4 is 0 Å². The van der Waals surface area contributed by atoms with Crippen molar-refractivity contribution < 1.29 is 9.47 Å². The monoisotopic (exact) mass is 292 g/mol. The van der Waals surface area contributed by atoms with Crippen molar-refractivity contribution in [3.63, 3.8) is 0 Å². The molecule has 0 aromatic rings. The fourth-order valence-corrected chi connectivity index (χ4v) is 4.71. The molecule has 0 atom stereocenters. The topological polar surface area (TPSA) is 24.9 Å². The van der Waals surface area contributed by atoms with Crippen LogP contribution in [-0.2, 0) is 9.47 Å². The molecule has 0 spiro atoms. The average molecular weight is 292 g/mol. The zero-order valence-electron chi connectivity index (χ0n) is 11.8. The standard InChI is InChI=1S/C12H24N2O2S2/c1-11(2)9-13(5-7-15-11)17-18-14-6-8-16-12(3,4)10-14/h5-10H2,1-4H3. The van der Waals surface area contributed by atoms with Crippen molar-refractivity contribution in [3.05, 3.63) is 0 Å². The predicted octanol–water partition coefficient (Wildman–Crippen LogP) is 2.42. The van der Waals surface area contributed by atoms with Crippen molar-refractivity contribution in [2.45, 2.75) is 38.9 Å². The Morgan fingerprint density at radius 2 is 1.17 bits per heavy atom. The molecule has 0 aliphatic carbocycles. The zero-order chi connectivity index (χ0) is 13.2. The maximum absolute atomic E-state index is 5.72. The molecule has 0 aromatic heterocycles. The van der Waals surface area contributed by atoms with E-state index in [9.17, 15) is 0 Å². The summed E-state index contributed by atoms with van der Waals surface area (Å²) < 4.78 is 16.2. The van der Waals surface area contributed by atoms with Crippen molar-refractivity contribution in [1.29, 1.82) is 0 Å². The van der Waals surface area contributed by atoms with E-state index in [-0.39, 0.29) is 11.2 Å². The fraction of sp³-hybridized carbons (Fsp3) is 1.00. The highest BCUT2D eigenvalue weighted by molar-refractivity contribution is 8.74. The SMILES string of the molecule is CC1(C)CN(SSN2CCOC(C)(C)C2)CCO1. The number of hydrogen-bond acceptors (Lipinski definition) is 6. The fourth-order valence-electron chi connectivity index (χ4n) is 2.17. The summed E-state index contributed by atoms with van der Waals surface area (Å²) in [6.45, 7) is 14.3. The van der Waals surface area contributed by atoms with Crippen molar-refractivity contribution in [1.82, 2.24) is 8.61 Å². The summed E-state index contributed by atoms with van der Waals surface area (Å²) in [6.07, 6.45) is 0.